The van der Waals surface area contributed by atoms with E-state index in [4.69, 9.17) is 19.8 Å². The van der Waals surface area contributed by atoms with Gasteiger partial charge in [0.25, 0.3) is 5.91 Å². The zero-order chi connectivity index (χ0) is 26.7. The molecule has 11 nitrogen and oxygen atoms in total. The molecule has 1 aromatic rings. The molecule has 1 fully saturated rings. The van der Waals surface area contributed by atoms with Gasteiger partial charge in [0.1, 0.15) is 18.2 Å². The Morgan fingerprint density at radius 2 is 1.81 bits per heavy atom. The lowest BCUT2D eigenvalue weighted by Gasteiger charge is -2.34. The van der Waals surface area contributed by atoms with Crippen molar-refractivity contribution in [2.45, 2.75) is 64.2 Å². The van der Waals surface area contributed by atoms with Gasteiger partial charge in [0, 0.05) is 25.2 Å². The summed E-state index contributed by atoms with van der Waals surface area (Å²) in [4.78, 5) is 50.3. The Bertz CT molecular complexity index is 958. The van der Waals surface area contributed by atoms with E-state index in [0.29, 0.717) is 43.5 Å². The van der Waals surface area contributed by atoms with Crippen LogP contribution in [-0.2, 0) is 19.1 Å². The molecule has 0 aliphatic carbocycles. The Balaban J connectivity index is 1.98. The van der Waals surface area contributed by atoms with Gasteiger partial charge in [-0.2, -0.15) is 5.26 Å². The second kappa shape index (κ2) is 13.4. The average Bonchev–Trinajstić information content (AvgIpc) is 2.83. The predicted molar refractivity (Wildman–Crippen MR) is 129 cm³/mol. The molecule has 3 N–H and O–H groups in total. The summed E-state index contributed by atoms with van der Waals surface area (Å²) >= 11 is 0. The summed E-state index contributed by atoms with van der Waals surface area (Å²) in [7, 11) is 0. The fourth-order valence-corrected chi connectivity index (χ4v) is 3.66. The second-order valence-electron chi connectivity index (χ2n) is 9.52. The van der Waals surface area contributed by atoms with Gasteiger partial charge < -0.3 is 30.1 Å². The van der Waals surface area contributed by atoms with Crippen LogP contribution in [0, 0.1) is 11.3 Å². The molecule has 1 aliphatic rings. The molecule has 1 saturated heterocycles. The van der Waals surface area contributed by atoms with Crippen molar-refractivity contribution < 1.29 is 33.8 Å². The number of carbonyl (C=O) groups is 4. The predicted octanol–water partition coefficient (Wildman–Crippen LogP) is 2.05. The number of benzene rings is 1. The van der Waals surface area contributed by atoms with Gasteiger partial charge in [0.2, 0.25) is 5.91 Å². The molecule has 0 aromatic heterocycles. The Hall–Kier alpha value is -3.65. The third-order valence-electron chi connectivity index (χ3n) is 5.41. The number of carboxylic acids is 1. The first-order valence-corrected chi connectivity index (χ1v) is 11.9. The molecule has 0 radical (unpaired) electrons. The van der Waals surface area contributed by atoms with E-state index in [2.05, 4.69) is 10.6 Å². The van der Waals surface area contributed by atoms with Crippen LogP contribution >= 0.6 is 0 Å². The third-order valence-corrected chi connectivity index (χ3v) is 5.41. The Morgan fingerprint density at radius 1 is 1.17 bits per heavy atom. The van der Waals surface area contributed by atoms with Crippen molar-refractivity contribution in [3.8, 4) is 6.07 Å². The van der Waals surface area contributed by atoms with Crippen molar-refractivity contribution in [3.63, 3.8) is 0 Å². The second-order valence-corrected chi connectivity index (χ2v) is 9.52. The molecule has 1 aliphatic heterocycles. The number of alkyl carbamates (subject to hydrolysis) is 1. The minimum atomic E-state index is -1.04. The van der Waals surface area contributed by atoms with Crippen LogP contribution in [0.5, 0.6) is 0 Å². The number of hydrogen-bond donors (Lipinski definition) is 3. The lowest BCUT2D eigenvalue weighted by atomic mass is 10.0. The minimum absolute atomic E-state index is 0.241. The maximum absolute atomic E-state index is 13.3. The SMILES string of the molecule is CC(C)(C)OC(=O)NCCC[C@H](NC(=O)c1ccc(C#N)cc1)C(=O)N1CCC(OCC(=O)O)CC1. The van der Waals surface area contributed by atoms with E-state index in [1.54, 1.807) is 25.7 Å². The molecule has 0 bridgehead atoms. The van der Waals surface area contributed by atoms with Gasteiger partial charge in [-0.05, 0) is 70.7 Å². The van der Waals surface area contributed by atoms with E-state index in [1.807, 2.05) is 6.07 Å². The van der Waals surface area contributed by atoms with Gasteiger partial charge >= 0.3 is 12.1 Å². The zero-order valence-corrected chi connectivity index (χ0v) is 20.9. The highest BCUT2D eigenvalue weighted by Gasteiger charge is 2.30. The molecule has 0 unspecified atom stereocenters. The summed E-state index contributed by atoms with van der Waals surface area (Å²) in [5.74, 6) is -1.75. The number of hydrogen-bond acceptors (Lipinski definition) is 7. The quantitative estimate of drug-likeness (QED) is 0.410. The van der Waals surface area contributed by atoms with Crippen LogP contribution < -0.4 is 10.6 Å². The van der Waals surface area contributed by atoms with Crippen LogP contribution in [0.1, 0.15) is 62.4 Å². The summed E-state index contributed by atoms with van der Waals surface area (Å²) in [5, 5.41) is 23.2. The number of ether oxygens (including phenoxy) is 2. The van der Waals surface area contributed by atoms with Crippen LogP contribution in [-0.4, -0.2) is 77.9 Å². The molecule has 1 aromatic carbocycles. The van der Waals surface area contributed by atoms with Gasteiger partial charge in [-0.15, -0.1) is 0 Å². The number of likely N-dealkylation sites (tertiary alicyclic amines) is 1. The monoisotopic (exact) mass is 502 g/mol. The standard InChI is InChI=1S/C25H34N4O7/c1-25(2,3)36-24(34)27-12-4-5-20(28-22(32)18-8-6-17(15-26)7-9-18)23(33)29-13-10-19(11-14-29)35-16-21(30)31/h6-9,19-20H,4-5,10-14,16H2,1-3H3,(H,27,34)(H,28,32)(H,30,31)/t20-/m0/s1. The van der Waals surface area contributed by atoms with Gasteiger partial charge in [0.05, 0.1) is 17.7 Å². The smallest absolute Gasteiger partial charge is 0.407 e. The van der Waals surface area contributed by atoms with Crippen molar-refractivity contribution in [3.05, 3.63) is 35.4 Å². The fourth-order valence-electron chi connectivity index (χ4n) is 3.66. The van der Waals surface area contributed by atoms with Gasteiger partial charge in [-0.3, -0.25) is 9.59 Å². The first kappa shape index (κ1) is 28.6. The summed E-state index contributed by atoms with van der Waals surface area (Å²) in [6, 6.07) is 7.25. The molecule has 36 heavy (non-hydrogen) atoms. The van der Waals surface area contributed by atoms with Crippen LogP contribution in [0.3, 0.4) is 0 Å². The molecule has 1 heterocycles. The maximum Gasteiger partial charge on any atom is 0.407 e. The molecule has 11 heteroatoms. The largest absolute Gasteiger partial charge is 0.480 e. The number of carboxylic acid groups (broad SMARTS) is 1. The number of carbonyl (C=O) groups excluding carboxylic acids is 3. The number of rotatable bonds is 10. The lowest BCUT2D eigenvalue weighted by Crippen LogP contribution is -2.51. The van der Waals surface area contributed by atoms with E-state index in [1.165, 1.54) is 24.3 Å². The minimum Gasteiger partial charge on any atom is -0.480 e. The normalized spacial score (nSPS) is 14.9. The van der Waals surface area contributed by atoms with Crippen molar-refractivity contribution in [1.82, 2.24) is 15.5 Å². The van der Waals surface area contributed by atoms with Crippen LogP contribution in [0.15, 0.2) is 24.3 Å². The first-order valence-electron chi connectivity index (χ1n) is 11.9. The molecule has 196 valence electrons. The number of amides is 3. The van der Waals surface area contributed by atoms with E-state index in [0.717, 1.165) is 0 Å². The summed E-state index contributed by atoms with van der Waals surface area (Å²) < 4.78 is 10.5. The number of piperidine rings is 1. The maximum atomic E-state index is 13.3. The molecule has 2 rings (SSSR count). The number of nitrogens with one attached hydrogen (secondary N) is 2. The molecular formula is C25H34N4O7. The average molecular weight is 503 g/mol. The summed E-state index contributed by atoms with van der Waals surface area (Å²) in [5.41, 5.74) is 0.109. The third kappa shape index (κ3) is 9.92. The van der Waals surface area contributed by atoms with Crippen molar-refractivity contribution in [2.24, 2.45) is 0 Å². The van der Waals surface area contributed by atoms with Crippen LogP contribution in [0.25, 0.3) is 0 Å². The van der Waals surface area contributed by atoms with Gasteiger partial charge in [-0.1, -0.05) is 0 Å². The Kier molecular flexibility index (Phi) is 10.7. The first-order chi connectivity index (χ1) is 17.0. The lowest BCUT2D eigenvalue weighted by molar-refractivity contribution is -0.147. The molecular weight excluding hydrogens is 468 g/mol. The molecule has 3 amide bonds. The topological polar surface area (TPSA) is 158 Å². The highest BCUT2D eigenvalue weighted by atomic mass is 16.6. The Labute approximate surface area is 210 Å². The van der Waals surface area contributed by atoms with E-state index in [9.17, 15) is 19.2 Å². The number of aliphatic carboxylic acids is 1. The van der Waals surface area contributed by atoms with E-state index in [-0.39, 0.29) is 31.6 Å². The van der Waals surface area contributed by atoms with Crippen molar-refractivity contribution >= 4 is 23.9 Å². The Morgan fingerprint density at radius 3 is 2.36 bits per heavy atom. The van der Waals surface area contributed by atoms with Gasteiger partial charge in [0.15, 0.2) is 0 Å². The molecule has 1 atom stereocenters. The van der Waals surface area contributed by atoms with Crippen LogP contribution in [0.2, 0.25) is 0 Å². The highest BCUT2D eigenvalue weighted by molar-refractivity contribution is 5.97. The van der Waals surface area contributed by atoms with Crippen molar-refractivity contribution in [2.75, 3.05) is 26.2 Å². The fraction of sp³-hybridized carbons (Fsp3) is 0.560. The summed E-state index contributed by atoms with van der Waals surface area (Å²) in [6.45, 7) is 5.91. The number of nitriles is 1. The van der Waals surface area contributed by atoms with Gasteiger partial charge in [-0.25, -0.2) is 9.59 Å². The zero-order valence-electron chi connectivity index (χ0n) is 20.9. The summed E-state index contributed by atoms with van der Waals surface area (Å²) in [6.07, 6.45) is 0.892. The highest BCUT2D eigenvalue weighted by Crippen LogP contribution is 2.16. The van der Waals surface area contributed by atoms with E-state index >= 15 is 0 Å². The molecule has 0 spiro atoms. The number of nitrogens with zero attached hydrogens (tertiary/aromatic N) is 2. The molecule has 0 saturated carbocycles. The van der Waals surface area contributed by atoms with E-state index < -0.39 is 29.6 Å². The van der Waals surface area contributed by atoms with Crippen molar-refractivity contribution in [1.29, 1.82) is 5.26 Å². The van der Waals surface area contributed by atoms with Crippen LogP contribution in [0.4, 0.5) is 4.79 Å².